The van der Waals surface area contributed by atoms with E-state index in [1.807, 2.05) is 13.0 Å². The standard InChI is InChI=1S/C12H9ClF3N3O2/c1-7-3-2-4-8(5-7)6-18-11(13)9(19(20)21)10(17-18)12(14,15)16/h2-5H,6H2,1H3. The fraction of sp³-hybridized carbons (Fsp3) is 0.250. The van der Waals surface area contributed by atoms with Gasteiger partial charge < -0.3 is 0 Å². The monoisotopic (exact) mass is 319 g/mol. The van der Waals surface area contributed by atoms with Crippen molar-refractivity contribution in [3.05, 3.63) is 56.4 Å². The average molecular weight is 320 g/mol. The van der Waals surface area contributed by atoms with E-state index >= 15 is 0 Å². The normalized spacial score (nSPS) is 11.7. The summed E-state index contributed by atoms with van der Waals surface area (Å²) in [5.41, 5.74) is -1.27. The van der Waals surface area contributed by atoms with Crippen LogP contribution in [0.25, 0.3) is 0 Å². The second kappa shape index (κ2) is 5.36. The van der Waals surface area contributed by atoms with Crippen LogP contribution in [0.15, 0.2) is 24.3 Å². The van der Waals surface area contributed by atoms with E-state index in [9.17, 15) is 23.3 Å². The third-order valence-corrected chi connectivity index (χ3v) is 3.11. The first-order chi connectivity index (χ1) is 9.70. The molecule has 21 heavy (non-hydrogen) atoms. The molecule has 0 aliphatic heterocycles. The number of benzene rings is 1. The second-order valence-corrected chi connectivity index (χ2v) is 4.75. The van der Waals surface area contributed by atoms with Crippen molar-refractivity contribution in [2.45, 2.75) is 19.6 Å². The van der Waals surface area contributed by atoms with Gasteiger partial charge in [-0.3, -0.25) is 10.1 Å². The Bertz CT molecular complexity index is 698. The van der Waals surface area contributed by atoms with Gasteiger partial charge in [-0.05, 0) is 12.5 Å². The van der Waals surface area contributed by atoms with Crippen molar-refractivity contribution in [1.29, 1.82) is 0 Å². The number of rotatable bonds is 3. The second-order valence-electron chi connectivity index (χ2n) is 4.39. The van der Waals surface area contributed by atoms with Crippen LogP contribution in [-0.2, 0) is 12.7 Å². The third kappa shape index (κ3) is 3.15. The van der Waals surface area contributed by atoms with Crippen LogP contribution in [0.4, 0.5) is 18.9 Å². The van der Waals surface area contributed by atoms with Gasteiger partial charge in [-0.1, -0.05) is 41.4 Å². The molecule has 0 spiro atoms. The molecule has 9 heteroatoms. The Morgan fingerprint density at radius 1 is 1.43 bits per heavy atom. The maximum atomic E-state index is 12.8. The topological polar surface area (TPSA) is 61.0 Å². The van der Waals surface area contributed by atoms with Crippen LogP contribution in [0.3, 0.4) is 0 Å². The van der Waals surface area contributed by atoms with Gasteiger partial charge in [0.25, 0.3) is 0 Å². The van der Waals surface area contributed by atoms with Crippen LogP contribution in [0, 0.1) is 17.0 Å². The van der Waals surface area contributed by atoms with E-state index < -0.39 is 27.6 Å². The van der Waals surface area contributed by atoms with Crippen LogP contribution in [0.5, 0.6) is 0 Å². The zero-order valence-electron chi connectivity index (χ0n) is 10.7. The molecule has 0 aliphatic rings. The maximum Gasteiger partial charge on any atom is 0.442 e. The van der Waals surface area contributed by atoms with E-state index in [2.05, 4.69) is 5.10 Å². The summed E-state index contributed by atoms with van der Waals surface area (Å²) >= 11 is 5.68. The van der Waals surface area contributed by atoms with Crippen molar-refractivity contribution in [1.82, 2.24) is 9.78 Å². The SMILES string of the molecule is Cc1cccc(Cn2nc(C(F)(F)F)c([N+](=O)[O-])c2Cl)c1. The Morgan fingerprint density at radius 3 is 2.57 bits per heavy atom. The summed E-state index contributed by atoms with van der Waals surface area (Å²) in [6.07, 6.45) is -4.94. The molecule has 2 rings (SSSR count). The van der Waals surface area contributed by atoms with Crippen LogP contribution >= 0.6 is 11.6 Å². The van der Waals surface area contributed by atoms with Gasteiger partial charge in [-0.25, -0.2) is 4.68 Å². The largest absolute Gasteiger partial charge is 0.442 e. The molecule has 0 amide bonds. The van der Waals surface area contributed by atoms with Crippen LogP contribution in [-0.4, -0.2) is 14.7 Å². The van der Waals surface area contributed by atoms with Gasteiger partial charge in [0, 0.05) is 0 Å². The van der Waals surface area contributed by atoms with Gasteiger partial charge in [0.2, 0.25) is 10.8 Å². The van der Waals surface area contributed by atoms with E-state index in [4.69, 9.17) is 11.6 Å². The molecule has 112 valence electrons. The lowest BCUT2D eigenvalue weighted by Crippen LogP contribution is -2.10. The summed E-state index contributed by atoms with van der Waals surface area (Å²) in [6, 6.07) is 6.94. The Labute approximate surface area is 122 Å². The molecule has 0 fully saturated rings. The molecule has 1 heterocycles. The lowest BCUT2D eigenvalue weighted by molar-refractivity contribution is -0.388. The number of hydrogen-bond donors (Lipinski definition) is 0. The molecule has 1 aromatic heterocycles. The number of halogens is 4. The van der Waals surface area contributed by atoms with Gasteiger partial charge in [0.05, 0.1) is 11.5 Å². The van der Waals surface area contributed by atoms with Crippen molar-refractivity contribution in [2.24, 2.45) is 0 Å². The highest BCUT2D eigenvalue weighted by molar-refractivity contribution is 6.31. The molecule has 0 radical (unpaired) electrons. The molecule has 1 aromatic carbocycles. The van der Waals surface area contributed by atoms with Crippen molar-refractivity contribution >= 4 is 17.3 Å². The Kier molecular flexibility index (Phi) is 3.91. The van der Waals surface area contributed by atoms with Crippen molar-refractivity contribution < 1.29 is 18.1 Å². The van der Waals surface area contributed by atoms with Crippen LogP contribution in [0.2, 0.25) is 5.15 Å². The number of aryl methyl sites for hydroxylation is 1. The van der Waals surface area contributed by atoms with E-state index in [1.54, 1.807) is 18.2 Å². The van der Waals surface area contributed by atoms with E-state index in [-0.39, 0.29) is 6.54 Å². The van der Waals surface area contributed by atoms with Gasteiger partial charge in [0.15, 0.2) is 0 Å². The van der Waals surface area contributed by atoms with Crippen LogP contribution in [0.1, 0.15) is 16.8 Å². The highest BCUT2D eigenvalue weighted by Crippen LogP contribution is 2.39. The Morgan fingerprint density at radius 2 is 2.10 bits per heavy atom. The molecule has 0 N–H and O–H groups in total. The van der Waals surface area contributed by atoms with Crippen molar-refractivity contribution in [3.63, 3.8) is 0 Å². The number of alkyl halides is 3. The summed E-state index contributed by atoms with van der Waals surface area (Å²) in [5.74, 6) is 0. The number of nitro groups is 1. The first kappa shape index (κ1) is 15.3. The predicted molar refractivity (Wildman–Crippen MR) is 69.2 cm³/mol. The lowest BCUT2D eigenvalue weighted by Gasteiger charge is -2.04. The lowest BCUT2D eigenvalue weighted by atomic mass is 10.1. The summed E-state index contributed by atoms with van der Waals surface area (Å²) < 4.78 is 39.1. The predicted octanol–water partition coefficient (Wildman–Crippen LogP) is 3.82. The van der Waals surface area contributed by atoms with E-state index in [1.165, 1.54) is 0 Å². The van der Waals surface area contributed by atoms with Crippen molar-refractivity contribution in [2.75, 3.05) is 0 Å². The van der Waals surface area contributed by atoms with Gasteiger partial charge in [0.1, 0.15) is 0 Å². The summed E-state index contributed by atoms with van der Waals surface area (Å²) in [7, 11) is 0. The van der Waals surface area contributed by atoms with Gasteiger partial charge in [-0.2, -0.15) is 18.3 Å². The minimum atomic E-state index is -4.94. The van der Waals surface area contributed by atoms with E-state index in [0.29, 0.717) is 5.56 Å². The molecule has 0 atom stereocenters. The highest BCUT2D eigenvalue weighted by atomic mass is 35.5. The fourth-order valence-corrected chi connectivity index (χ4v) is 2.13. The zero-order chi connectivity index (χ0) is 15.8. The summed E-state index contributed by atoms with van der Waals surface area (Å²) in [4.78, 5) is 9.60. The summed E-state index contributed by atoms with van der Waals surface area (Å²) in [6.45, 7) is 1.73. The molecule has 0 saturated heterocycles. The molecule has 0 bridgehead atoms. The fourth-order valence-electron chi connectivity index (χ4n) is 1.87. The molecule has 5 nitrogen and oxygen atoms in total. The van der Waals surface area contributed by atoms with Crippen LogP contribution < -0.4 is 0 Å². The first-order valence-electron chi connectivity index (χ1n) is 5.73. The third-order valence-electron chi connectivity index (χ3n) is 2.73. The minimum Gasteiger partial charge on any atom is -0.258 e. The quantitative estimate of drug-likeness (QED) is 0.638. The van der Waals surface area contributed by atoms with Crippen molar-refractivity contribution in [3.8, 4) is 0 Å². The number of nitrogens with zero attached hydrogens (tertiary/aromatic N) is 3. The first-order valence-corrected chi connectivity index (χ1v) is 6.11. The maximum absolute atomic E-state index is 12.8. The molecule has 0 aliphatic carbocycles. The molecule has 0 unspecified atom stereocenters. The van der Waals surface area contributed by atoms with Gasteiger partial charge in [-0.15, -0.1) is 0 Å². The molecule has 2 aromatic rings. The molecule has 0 saturated carbocycles. The molecular formula is C12H9ClF3N3O2. The smallest absolute Gasteiger partial charge is 0.258 e. The Balaban J connectivity index is 2.48. The number of hydrogen-bond acceptors (Lipinski definition) is 3. The Hall–Kier alpha value is -2.09. The number of aromatic nitrogens is 2. The average Bonchev–Trinajstić information content (AvgIpc) is 2.67. The molecular weight excluding hydrogens is 311 g/mol. The van der Waals surface area contributed by atoms with Gasteiger partial charge >= 0.3 is 11.9 Å². The highest BCUT2D eigenvalue weighted by Gasteiger charge is 2.44. The minimum absolute atomic E-state index is 0.0859. The summed E-state index contributed by atoms with van der Waals surface area (Å²) in [5, 5.41) is 13.4. The zero-order valence-corrected chi connectivity index (χ0v) is 11.4. The van der Waals surface area contributed by atoms with E-state index in [0.717, 1.165) is 10.2 Å².